The summed E-state index contributed by atoms with van der Waals surface area (Å²) < 4.78 is 19.2. The number of carboxylic acids is 1. The molecule has 0 bridgehead atoms. The third-order valence-corrected chi connectivity index (χ3v) is 5.06. The number of rotatable bonds is 4. The van der Waals surface area contributed by atoms with Gasteiger partial charge in [0.15, 0.2) is 5.76 Å². The summed E-state index contributed by atoms with van der Waals surface area (Å²) >= 11 is 1.66. The van der Waals surface area contributed by atoms with Crippen molar-refractivity contribution in [2.75, 3.05) is 11.5 Å². The lowest BCUT2D eigenvalue weighted by atomic mass is 9.92. The summed E-state index contributed by atoms with van der Waals surface area (Å²) in [4.78, 5) is 24.0. The molecule has 1 aromatic heterocycles. The van der Waals surface area contributed by atoms with E-state index in [1.807, 2.05) is 0 Å². The Balaban J connectivity index is 1.81. The fraction of sp³-hybridized carbons (Fsp3) is 0.294. The standard InChI is InChI=1S/C17H16FNO4S/c18-12-4-2-1-3-11(12)13-5-6-14(23-13)15(20)19-17(16(21)22)7-9-24-10-8-17/h1-6H,7-10H2,(H,19,20)(H,21,22). The molecule has 1 amide bonds. The summed E-state index contributed by atoms with van der Waals surface area (Å²) in [6.45, 7) is 0. The fourth-order valence-electron chi connectivity index (χ4n) is 2.66. The number of thioether (sulfide) groups is 1. The van der Waals surface area contributed by atoms with E-state index in [9.17, 15) is 19.1 Å². The predicted octanol–water partition coefficient (Wildman–Crippen LogP) is 3.17. The van der Waals surface area contributed by atoms with Gasteiger partial charge >= 0.3 is 5.97 Å². The molecule has 0 spiro atoms. The van der Waals surface area contributed by atoms with Gasteiger partial charge in [0.25, 0.3) is 5.91 Å². The SMILES string of the molecule is O=C(NC1(C(=O)O)CCSCC1)c1ccc(-c2ccccc2F)o1. The van der Waals surface area contributed by atoms with Crippen molar-refractivity contribution in [1.82, 2.24) is 5.32 Å². The lowest BCUT2D eigenvalue weighted by Gasteiger charge is -2.33. The Labute approximate surface area is 142 Å². The minimum absolute atomic E-state index is 0.0351. The molecule has 126 valence electrons. The van der Waals surface area contributed by atoms with Gasteiger partial charge in [-0.25, -0.2) is 9.18 Å². The maximum atomic E-state index is 13.8. The Morgan fingerprint density at radius 3 is 2.54 bits per heavy atom. The van der Waals surface area contributed by atoms with E-state index in [0.29, 0.717) is 24.3 Å². The number of carboxylic acid groups (broad SMARTS) is 1. The van der Waals surface area contributed by atoms with Crippen molar-refractivity contribution in [2.45, 2.75) is 18.4 Å². The van der Waals surface area contributed by atoms with Gasteiger partial charge in [-0.1, -0.05) is 12.1 Å². The Morgan fingerprint density at radius 1 is 1.17 bits per heavy atom. The van der Waals surface area contributed by atoms with Crippen LogP contribution in [0.15, 0.2) is 40.8 Å². The highest BCUT2D eigenvalue weighted by molar-refractivity contribution is 7.99. The highest BCUT2D eigenvalue weighted by atomic mass is 32.2. The third kappa shape index (κ3) is 3.17. The molecule has 0 radical (unpaired) electrons. The number of furan rings is 1. The number of aliphatic carboxylic acids is 1. The zero-order valence-electron chi connectivity index (χ0n) is 12.8. The van der Waals surface area contributed by atoms with Crippen molar-refractivity contribution >= 4 is 23.6 Å². The van der Waals surface area contributed by atoms with Crippen LogP contribution in [0.2, 0.25) is 0 Å². The van der Waals surface area contributed by atoms with E-state index in [2.05, 4.69) is 5.32 Å². The van der Waals surface area contributed by atoms with Gasteiger partial charge in [-0.3, -0.25) is 4.79 Å². The van der Waals surface area contributed by atoms with Gasteiger partial charge in [0.1, 0.15) is 17.1 Å². The molecule has 1 aromatic carbocycles. The second-order valence-electron chi connectivity index (χ2n) is 5.60. The molecule has 5 nitrogen and oxygen atoms in total. The van der Waals surface area contributed by atoms with Crippen LogP contribution in [0.3, 0.4) is 0 Å². The maximum Gasteiger partial charge on any atom is 0.329 e. The second kappa shape index (κ2) is 6.68. The maximum absolute atomic E-state index is 13.8. The van der Waals surface area contributed by atoms with Crippen molar-refractivity contribution in [3.05, 3.63) is 48.0 Å². The molecule has 3 rings (SSSR count). The van der Waals surface area contributed by atoms with Gasteiger partial charge in [-0.15, -0.1) is 0 Å². The van der Waals surface area contributed by atoms with Gasteiger partial charge in [0, 0.05) is 0 Å². The van der Waals surface area contributed by atoms with Crippen LogP contribution in [-0.2, 0) is 4.79 Å². The summed E-state index contributed by atoms with van der Waals surface area (Å²) in [5.41, 5.74) is -1.02. The van der Waals surface area contributed by atoms with Gasteiger partial charge in [-0.2, -0.15) is 11.8 Å². The highest BCUT2D eigenvalue weighted by Crippen LogP contribution is 2.29. The van der Waals surface area contributed by atoms with E-state index in [0.717, 1.165) is 0 Å². The van der Waals surface area contributed by atoms with Gasteiger partial charge < -0.3 is 14.8 Å². The summed E-state index contributed by atoms with van der Waals surface area (Å²) in [5, 5.41) is 12.1. The molecule has 1 aliphatic heterocycles. The van der Waals surface area contributed by atoms with E-state index < -0.39 is 23.2 Å². The average molecular weight is 349 g/mol. The molecule has 7 heteroatoms. The molecule has 1 aliphatic rings. The van der Waals surface area contributed by atoms with Crippen LogP contribution in [0.25, 0.3) is 11.3 Å². The van der Waals surface area contributed by atoms with Crippen LogP contribution in [0.1, 0.15) is 23.4 Å². The van der Waals surface area contributed by atoms with Crippen LogP contribution in [0, 0.1) is 5.82 Å². The predicted molar refractivity (Wildman–Crippen MR) is 88.5 cm³/mol. The average Bonchev–Trinajstić information content (AvgIpc) is 3.06. The third-order valence-electron chi connectivity index (χ3n) is 4.08. The Morgan fingerprint density at radius 2 is 1.88 bits per heavy atom. The van der Waals surface area contributed by atoms with Gasteiger partial charge in [0.2, 0.25) is 0 Å². The van der Waals surface area contributed by atoms with E-state index in [1.165, 1.54) is 18.2 Å². The number of halogens is 1. The van der Waals surface area contributed by atoms with E-state index in [4.69, 9.17) is 4.42 Å². The first-order valence-electron chi connectivity index (χ1n) is 7.50. The van der Waals surface area contributed by atoms with Crippen molar-refractivity contribution in [2.24, 2.45) is 0 Å². The Bertz CT molecular complexity index is 767. The molecule has 24 heavy (non-hydrogen) atoms. The van der Waals surface area contributed by atoms with Crippen molar-refractivity contribution in [3.8, 4) is 11.3 Å². The van der Waals surface area contributed by atoms with Crippen LogP contribution in [0.4, 0.5) is 4.39 Å². The number of amides is 1. The molecule has 2 N–H and O–H groups in total. The second-order valence-corrected chi connectivity index (χ2v) is 6.82. The normalized spacial score (nSPS) is 16.5. The lowest BCUT2D eigenvalue weighted by Crippen LogP contribution is -2.56. The number of hydrogen-bond donors (Lipinski definition) is 2. The topological polar surface area (TPSA) is 79.5 Å². The lowest BCUT2D eigenvalue weighted by molar-refractivity contribution is -0.144. The monoisotopic (exact) mass is 349 g/mol. The number of carbonyl (C=O) groups excluding carboxylic acids is 1. The quantitative estimate of drug-likeness (QED) is 0.886. The van der Waals surface area contributed by atoms with Crippen LogP contribution in [0.5, 0.6) is 0 Å². The molecule has 2 aromatic rings. The van der Waals surface area contributed by atoms with Crippen molar-refractivity contribution in [1.29, 1.82) is 0 Å². The first-order valence-corrected chi connectivity index (χ1v) is 8.66. The summed E-state index contributed by atoms with van der Waals surface area (Å²) in [6.07, 6.45) is 0.721. The summed E-state index contributed by atoms with van der Waals surface area (Å²) in [5.74, 6) is -0.570. The Kier molecular flexibility index (Phi) is 4.62. The number of carbonyl (C=O) groups is 2. The van der Waals surface area contributed by atoms with E-state index in [-0.39, 0.29) is 17.1 Å². The molecule has 0 atom stereocenters. The summed E-state index contributed by atoms with van der Waals surface area (Å²) in [6, 6.07) is 9.00. The number of hydrogen-bond acceptors (Lipinski definition) is 4. The minimum atomic E-state index is -1.27. The zero-order chi connectivity index (χ0) is 17.2. The van der Waals surface area contributed by atoms with Gasteiger partial charge in [-0.05, 0) is 48.6 Å². The first-order chi connectivity index (χ1) is 11.5. The van der Waals surface area contributed by atoms with Crippen molar-refractivity contribution < 1.29 is 23.5 Å². The zero-order valence-corrected chi connectivity index (χ0v) is 13.6. The van der Waals surface area contributed by atoms with E-state index >= 15 is 0 Å². The van der Waals surface area contributed by atoms with Crippen molar-refractivity contribution in [3.63, 3.8) is 0 Å². The number of benzene rings is 1. The van der Waals surface area contributed by atoms with Crippen LogP contribution >= 0.6 is 11.8 Å². The first kappa shape index (κ1) is 16.6. The molecule has 0 unspecified atom stereocenters. The van der Waals surface area contributed by atoms with Crippen LogP contribution < -0.4 is 5.32 Å². The highest BCUT2D eigenvalue weighted by Gasteiger charge is 2.41. The largest absolute Gasteiger partial charge is 0.480 e. The van der Waals surface area contributed by atoms with Gasteiger partial charge in [0.05, 0.1) is 5.56 Å². The molecule has 2 heterocycles. The fourth-order valence-corrected chi connectivity index (χ4v) is 3.85. The number of nitrogens with one attached hydrogen (secondary N) is 1. The molecule has 1 saturated heterocycles. The molecule has 0 aliphatic carbocycles. The molecular weight excluding hydrogens is 333 g/mol. The summed E-state index contributed by atoms with van der Waals surface area (Å²) in [7, 11) is 0. The van der Waals surface area contributed by atoms with Crippen LogP contribution in [-0.4, -0.2) is 34.0 Å². The molecular formula is C17H16FNO4S. The Hall–Kier alpha value is -2.28. The van der Waals surface area contributed by atoms with E-state index in [1.54, 1.807) is 30.0 Å². The minimum Gasteiger partial charge on any atom is -0.480 e. The molecule has 1 fully saturated rings. The smallest absolute Gasteiger partial charge is 0.329 e. The molecule has 0 saturated carbocycles.